The van der Waals surface area contributed by atoms with E-state index in [0.717, 1.165) is 10.7 Å². The number of hydrogen-bond donors (Lipinski definition) is 2. The number of aromatic nitrogens is 1. The summed E-state index contributed by atoms with van der Waals surface area (Å²) in [6.45, 7) is 1.88. The number of aryl methyl sites for hydroxylation is 1. The van der Waals surface area contributed by atoms with E-state index in [4.69, 9.17) is 5.84 Å². The highest BCUT2D eigenvalue weighted by atomic mass is 32.1. The van der Waals surface area contributed by atoms with Crippen LogP contribution in [0, 0.1) is 6.92 Å². The number of hydrogen-bond acceptors (Lipinski definition) is 5. The maximum absolute atomic E-state index is 12.2. The molecule has 3 N–H and O–H groups in total. The highest BCUT2D eigenvalue weighted by molar-refractivity contribution is 7.09. The standard InChI is InChI=1S/C13H14F3N3OS/c1-8-7-21-12(18-8)6-11(19-17)9-3-2-4-10(5-9)20-13(14,15)16/h2-5,7,11,19H,6,17H2,1H3. The van der Waals surface area contributed by atoms with Crippen LogP contribution in [0.25, 0.3) is 0 Å². The van der Waals surface area contributed by atoms with Gasteiger partial charge in [0.25, 0.3) is 0 Å². The normalized spacial score (nSPS) is 13.2. The lowest BCUT2D eigenvalue weighted by Crippen LogP contribution is -2.29. The van der Waals surface area contributed by atoms with Gasteiger partial charge in [-0.3, -0.25) is 11.3 Å². The highest BCUT2D eigenvalue weighted by Gasteiger charge is 2.31. The van der Waals surface area contributed by atoms with Gasteiger partial charge < -0.3 is 4.74 Å². The predicted octanol–water partition coefficient (Wildman–Crippen LogP) is 3.10. The number of benzene rings is 1. The minimum atomic E-state index is -4.71. The Balaban J connectivity index is 2.16. The van der Waals surface area contributed by atoms with E-state index in [1.807, 2.05) is 12.3 Å². The SMILES string of the molecule is Cc1csc(CC(NN)c2cccc(OC(F)(F)F)c2)n1. The van der Waals surface area contributed by atoms with Crippen molar-refractivity contribution in [2.75, 3.05) is 0 Å². The Bertz CT molecular complexity index is 600. The Morgan fingerprint density at radius 1 is 1.43 bits per heavy atom. The molecule has 0 aliphatic carbocycles. The van der Waals surface area contributed by atoms with Gasteiger partial charge in [-0.05, 0) is 24.6 Å². The van der Waals surface area contributed by atoms with Gasteiger partial charge in [-0.1, -0.05) is 12.1 Å². The van der Waals surface area contributed by atoms with Crippen molar-refractivity contribution in [2.45, 2.75) is 25.7 Å². The van der Waals surface area contributed by atoms with Crippen molar-refractivity contribution in [1.82, 2.24) is 10.4 Å². The van der Waals surface area contributed by atoms with Gasteiger partial charge in [-0.25, -0.2) is 4.98 Å². The minimum Gasteiger partial charge on any atom is -0.406 e. The number of nitrogens with one attached hydrogen (secondary N) is 1. The molecule has 2 aromatic rings. The van der Waals surface area contributed by atoms with Gasteiger partial charge in [-0.2, -0.15) is 0 Å². The molecule has 1 aromatic carbocycles. The molecule has 1 unspecified atom stereocenters. The van der Waals surface area contributed by atoms with Crippen LogP contribution in [0.3, 0.4) is 0 Å². The summed E-state index contributed by atoms with van der Waals surface area (Å²) in [5.41, 5.74) is 4.10. The van der Waals surface area contributed by atoms with Gasteiger partial charge in [0, 0.05) is 17.5 Å². The van der Waals surface area contributed by atoms with E-state index in [0.29, 0.717) is 12.0 Å². The van der Waals surface area contributed by atoms with Gasteiger partial charge in [0.1, 0.15) is 5.75 Å². The van der Waals surface area contributed by atoms with E-state index < -0.39 is 6.36 Å². The van der Waals surface area contributed by atoms with Gasteiger partial charge in [0.2, 0.25) is 0 Å². The monoisotopic (exact) mass is 317 g/mol. The van der Waals surface area contributed by atoms with E-state index in [1.165, 1.54) is 29.5 Å². The first-order valence-electron chi connectivity index (χ1n) is 6.10. The summed E-state index contributed by atoms with van der Waals surface area (Å²) in [5, 5.41) is 2.77. The smallest absolute Gasteiger partial charge is 0.406 e. The molecule has 0 amide bonds. The number of rotatable bonds is 5. The third kappa shape index (κ3) is 4.69. The fourth-order valence-electron chi connectivity index (χ4n) is 1.87. The Hall–Kier alpha value is -1.64. The first-order valence-corrected chi connectivity index (χ1v) is 6.98. The van der Waals surface area contributed by atoms with Crippen LogP contribution in [0.2, 0.25) is 0 Å². The molecule has 8 heteroatoms. The topological polar surface area (TPSA) is 60.2 Å². The average Bonchev–Trinajstić information content (AvgIpc) is 2.80. The molecule has 21 heavy (non-hydrogen) atoms. The fraction of sp³-hybridized carbons (Fsp3) is 0.308. The third-order valence-electron chi connectivity index (χ3n) is 2.74. The molecule has 1 aromatic heterocycles. The fourth-order valence-corrected chi connectivity index (χ4v) is 2.69. The first-order chi connectivity index (χ1) is 9.87. The number of thiazole rings is 1. The molecule has 0 aliphatic heterocycles. The minimum absolute atomic E-state index is 0.268. The summed E-state index contributed by atoms with van der Waals surface area (Å²) in [4.78, 5) is 4.32. The molecular weight excluding hydrogens is 303 g/mol. The number of nitrogens with two attached hydrogens (primary N) is 1. The largest absolute Gasteiger partial charge is 0.573 e. The maximum Gasteiger partial charge on any atom is 0.573 e. The van der Waals surface area contributed by atoms with Crippen LogP contribution in [0.4, 0.5) is 13.2 Å². The van der Waals surface area contributed by atoms with Crippen molar-refractivity contribution in [1.29, 1.82) is 0 Å². The molecule has 0 fully saturated rings. The van der Waals surface area contributed by atoms with Crippen molar-refractivity contribution in [3.63, 3.8) is 0 Å². The van der Waals surface area contributed by atoms with Crippen LogP contribution < -0.4 is 16.0 Å². The van der Waals surface area contributed by atoms with Crippen molar-refractivity contribution in [2.24, 2.45) is 5.84 Å². The predicted molar refractivity (Wildman–Crippen MR) is 73.7 cm³/mol. The van der Waals surface area contributed by atoms with E-state index in [9.17, 15) is 13.2 Å². The molecule has 1 atom stereocenters. The zero-order valence-corrected chi connectivity index (χ0v) is 12.0. The van der Waals surface area contributed by atoms with Gasteiger partial charge in [0.05, 0.1) is 11.0 Å². The third-order valence-corrected chi connectivity index (χ3v) is 3.73. The second kappa shape index (κ2) is 6.42. The molecule has 0 spiro atoms. The van der Waals surface area contributed by atoms with Crippen molar-refractivity contribution < 1.29 is 17.9 Å². The number of hydrazine groups is 1. The quantitative estimate of drug-likeness (QED) is 0.657. The van der Waals surface area contributed by atoms with Crippen molar-refractivity contribution in [3.05, 3.63) is 45.9 Å². The lowest BCUT2D eigenvalue weighted by atomic mass is 10.0. The molecule has 0 saturated heterocycles. The van der Waals surface area contributed by atoms with Crippen LogP contribution in [0.1, 0.15) is 22.3 Å². The lowest BCUT2D eigenvalue weighted by molar-refractivity contribution is -0.274. The number of nitrogens with zero attached hydrogens (tertiary/aromatic N) is 1. The molecule has 114 valence electrons. The number of ether oxygens (including phenoxy) is 1. The number of halogens is 3. The van der Waals surface area contributed by atoms with E-state index in [2.05, 4.69) is 15.1 Å². The summed E-state index contributed by atoms with van der Waals surface area (Å²) < 4.78 is 40.6. The van der Waals surface area contributed by atoms with Gasteiger partial charge in [-0.15, -0.1) is 24.5 Å². The van der Waals surface area contributed by atoms with Crippen LogP contribution in [0.5, 0.6) is 5.75 Å². The molecule has 1 heterocycles. The summed E-state index contributed by atoms with van der Waals surface area (Å²) in [5.74, 6) is 5.23. The van der Waals surface area contributed by atoms with Crippen LogP contribution in [-0.2, 0) is 6.42 Å². The summed E-state index contributed by atoms with van der Waals surface area (Å²) in [7, 11) is 0. The molecule has 0 bridgehead atoms. The summed E-state index contributed by atoms with van der Waals surface area (Å²) in [6.07, 6.45) is -4.22. The first kappa shape index (κ1) is 15.7. The Kier molecular flexibility index (Phi) is 4.81. The van der Waals surface area contributed by atoms with Crippen LogP contribution >= 0.6 is 11.3 Å². The second-order valence-electron chi connectivity index (χ2n) is 4.43. The van der Waals surface area contributed by atoms with Crippen molar-refractivity contribution >= 4 is 11.3 Å². The number of alkyl halides is 3. The van der Waals surface area contributed by atoms with Gasteiger partial charge in [0.15, 0.2) is 0 Å². The zero-order valence-electron chi connectivity index (χ0n) is 11.1. The summed E-state index contributed by atoms with van der Waals surface area (Å²) >= 11 is 1.48. The van der Waals surface area contributed by atoms with Crippen molar-refractivity contribution in [3.8, 4) is 5.75 Å². The molecule has 0 radical (unpaired) electrons. The lowest BCUT2D eigenvalue weighted by Gasteiger charge is -2.16. The molecule has 0 aliphatic rings. The van der Waals surface area contributed by atoms with E-state index in [1.54, 1.807) is 6.07 Å². The average molecular weight is 317 g/mol. The Morgan fingerprint density at radius 2 is 2.19 bits per heavy atom. The Labute approximate surface area is 123 Å². The Morgan fingerprint density at radius 3 is 2.76 bits per heavy atom. The van der Waals surface area contributed by atoms with E-state index in [-0.39, 0.29) is 11.8 Å². The maximum atomic E-state index is 12.2. The van der Waals surface area contributed by atoms with Crippen LogP contribution in [-0.4, -0.2) is 11.3 Å². The van der Waals surface area contributed by atoms with Crippen LogP contribution in [0.15, 0.2) is 29.6 Å². The van der Waals surface area contributed by atoms with E-state index >= 15 is 0 Å². The molecule has 2 rings (SSSR count). The summed E-state index contributed by atoms with van der Waals surface area (Å²) in [6, 6.07) is 5.41. The molecule has 0 saturated carbocycles. The van der Waals surface area contributed by atoms with Gasteiger partial charge >= 0.3 is 6.36 Å². The zero-order chi connectivity index (χ0) is 15.5. The highest BCUT2D eigenvalue weighted by Crippen LogP contribution is 2.27. The molecule has 4 nitrogen and oxygen atoms in total. The molecular formula is C13H14F3N3OS. The second-order valence-corrected chi connectivity index (χ2v) is 5.37.